The molecule has 1 aliphatic rings. The summed E-state index contributed by atoms with van der Waals surface area (Å²) in [5, 5.41) is 0. The van der Waals surface area contributed by atoms with Crippen LogP contribution < -0.4 is 10.6 Å². The summed E-state index contributed by atoms with van der Waals surface area (Å²) in [6, 6.07) is 0. The van der Waals surface area contributed by atoms with Crippen molar-refractivity contribution in [1.29, 1.82) is 0 Å². The van der Waals surface area contributed by atoms with E-state index < -0.39 is 0 Å². The van der Waals surface area contributed by atoms with E-state index >= 15 is 0 Å². The molecule has 0 aliphatic heterocycles. The van der Waals surface area contributed by atoms with E-state index in [0.29, 0.717) is 6.54 Å². The van der Waals surface area contributed by atoms with Gasteiger partial charge in [0.1, 0.15) is 5.82 Å². The predicted molar refractivity (Wildman–Crippen MR) is 69.8 cm³/mol. The van der Waals surface area contributed by atoms with E-state index in [1.807, 2.05) is 6.20 Å². The van der Waals surface area contributed by atoms with Crippen LogP contribution in [0, 0.1) is 5.92 Å². The first-order valence-electron chi connectivity index (χ1n) is 6.51. The molecule has 0 amide bonds. The molecule has 4 nitrogen and oxygen atoms in total. The second-order valence-corrected chi connectivity index (χ2v) is 4.96. The van der Waals surface area contributed by atoms with Crippen LogP contribution in [-0.2, 0) is 6.54 Å². The smallest absolute Gasteiger partial charge is 0.147 e. The Kier molecular flexibility index (Phi) is 4.31. The van der Waals surface area contributed by atoms with E-state index in [-0.39, 0.29) is 0 Å². The molecule has 17 heavy (non-hydrogen) atoms. The standard InChI is InChI=1S/C13H22N4/c1-17(10-11-5-3-2-4-6-11)13-9-15-8-12(7-14)16-13/h8-9,11H,2-7,10,14H2,1H3. The number of hydrogen-bond acceptors (Lipinski definition) is 4. The molecule has 1 aliphatic carbocycles. The number of nitrogens with two attached hydrogens (primary N) is 1. The van der Waals surface area contributed by atoms with Gasteiger partial charge in [-0.3, -0.25) is 4.98 Å². The highest BCUT2D eigenvalue weighted by molar-refractivity contribution is 5.35. The van der Waals surface area contributed by atoms with Crippen molar-refractivity contribution >= 4 is 5.82 Å². The second kappa shape index (κ2) is 5.96. The summed E-state index contributed by atoms with van der Waals surface area (Å²) in [4.78, 5) is 10.9. The topological polar surface area (TPSA) is 55.0 Å². The van der Waals surface area contributed by atoms with Crippen molar-refractivity contribution in [2.75, 3.05) is 18.5 Å². The van der Waals surface area contributed by atoms with Crippen molar-refractivity contribution in [2.24, 2.45) is 11.7 Å². The lowest BCUT2D eigenvalue weighted by Crippen LogP contribution is -2.27. The summed E-state index contributed by atoms with van der Waals surface area (Å²) in [5.41, 5.74) is 6.44. The van der Waals surface area contributed by atoms with Gasteiger partial charge in [-0.05, 0) is 18.8 Å². The predicted octanol–water partition coefficient (Wildman–Crippen LogP) is 1.95. The van der Waals surface area contributed by atoms with E-state index in [0.717, 1.165) is 24.0 Å². The van der Waals surface area contributed by atoms with Gasteiger partial charge in [-0.2, -0.15) is 0 Å². The van der Waals surface area contributed by atoms with Crippen LogP contribution in [0.5, 0.6) is 0 Å². The Labute approximate surface area is 103 Å². The highest BCUT2D eigenvalue weighted by Crippen LogP contribution is 2.25. The molecule has 2 rings (SSSR count). The highest BCUT2D eigenvalue weighted by Gasteiger charge is 2.16. The molecule has 1 fully saturated rings. The first-order valence-corrected chi connectivity index (χ1v) is 6.51. The summed E-state index contributed by atoms with van der Waals surface area (Å²) in [5.74, 6) is 1.76. The number of aromatic nitrogens is 2. The van der Waals surface area contributed by atoms with Crippen LogP contribution in [0.4, 0.5) is 5.82 Å². The van der Waals surface area contributed by atoms with Crippen molar-refractivity contribution < 1.29 is 0 Å². The lowest BCUT2D eigenvalue weighted by Gasteiger charge is -2.27. The molecule has 1 saturated carbocycles. The first kappa shape index (κ1) is 12.3. The van der Waals surface area contributed by atoms with Crippen LogP contribution in [-0.4, -0.2) is 23.6 Å². The van der Waals surface area contributed by atoms with E-state index in [9.17, 15) is 0 Å². The van der Waals surface area contributed by atoms with Crippen molar-refractivity contribution in [3.8, 4) is 0 Å². The second-order valence-electron chi connectivity index (χ2n) is 4.96. The summed E-state index contributed by atoms with van der Waals surface area (Å²) < 4.78 is 0. The van der Waals surface area contributed by atoms with Gasteiger partial charge in [-0.1, -0.05) is 19.3 Å². The van der Waals surface area contributed by atoms with Crippen LogP contribution in [0.3, 0.4) is 0 Å². The van der Waals surface area contributed by atoms with Crippen molar-refractivity contribution in [3.63, 3.8) is 0 Å². The normalized spacial score (nSPS) is 17.1. The Hall–Kier alpha value is -1.16. The summed E-state index contributed by atoms with van der Waals surface area (Å²) in [6.07, 6.45) is 10.4. The van der Waals surface area contributed by atoms with Crippen molar-refractivity contribution in [1.82, 2.24) is 9.97 Å². The first-order chi connectivity index (χ1) is 8.29. The van der Waals surface area contributed by atoms with Gasteiger partial charge in [0.25, 0.3) is 0 Å². The van der Waals surface area contributed by atoms with E-state index in [1.165, 1.54) is 32.1 Å². The molecule has 0 unspecified atom stereocenters. The van der Waals surface area contributed by atoms with Crippen LogP contribution in [0.25, 0.3) is 0 Å². The van der Waals surface area contributed by atoms with Gasteiger partial charge < -0.3 is 10.6 Å². The number of hydrogen-bond donors (Lipinski definition) is 1. The maximum atomic E-state index is 5.58. The molecule has 2 N–H and O–H groups in total. The van der Waals surface area contributed by atoms with Crippen molar-refractivity contribution in [3.05, 3.63) is 18.1 Å². The molecule has 0 aromatic carbocycles. The Morgan fingerprint density at radius 1 is 1.29 bits per heavy atom. The fourth-order valence-electron chi connectivity index (χ4n) is 2.53. The Bertz CT molecular complexity index is 347. The van der Waals surface area contributed by atoms with E-state index in [2.05, 4.69) is 21.9 Å². The fourth-order valence-corrected chi connectivity index (χ4v) is 2.53. The molecular weight excluding hydrogens is 212 g/mol. The zero-order valence-electron chi connectivity index (χ0n) is 10.6. The van der Waals surface area contributed by atoms with Crippen LogP contribution in [0.1, 0.15) is 37.8 Å². The van der Waals surface area contributed by atoms with Gasteiger partial charge in [-0.25, -0.2) is 4.98 Å². The molecule has 1 heterocycles. The average molecular weight is 234 g/mol. The molecule has 0 spiro atoms. The molecule has 1 aromatic rings. The zero-order valence-corrected chi connectivity index (χ0v) is 10.6. The maximum Gasteiger partial charge on any atom is 0.147 e. The van der Waals surface area contributed by atoms with Gasteiger partial charge in [0.15, 0.2) is 0 Å². The molecular formula is C13H22N4. The Balaban J connectivity index is 1.95. The lowest BCUT2D eigenvalue weighted by atomic mass is 9.89. The maximum absolute atomic E-state index is 5.58. The van der Waals surface area contributed by atoms with Crippen LogP contribution in [0.2, 0.25) is 0 Å². The fraction of sp³-hybridized carbons (Fsp3) is 0.692. The number of anilines is 1. The summed E-state index contributed by atoms with van der Waals surface area (Å²) in [6.45, 7) is 1.54. The highest BCUT2D eigenvalue weighted by atomic mass is 15.2. The molecule has 0 saturated heterocycles. The summed E-state index contributed by atoms with van der Waals surface area (Å²) in [7, 11) is 2.10. The van der Waals surface area contributed by atoms with E-state index in [1.54, 1.807) is 6.20 Å². The molecule has 0 bridgehead atoms. The van der Waals surface area contributed by atoms with Crippen LogP contribution >= 0.6 is 0 Å². The third kappa shape index (κ3) is 3.40. The SMILES string of the molecule is CN(CC1CCCCC1)c1cncc(CN)n1. The molecule has 4 heteroatoms. The molecule has 0 radical (unpaired) electrons. The van der Waals surface area contributed by atoms with Gasteiger partial charge in [-0.15, -0.1) is 0 Å². The van der Waals surface area contributed by atoms with Crippen molar-refractivity contribution in [2.45, 2.75) is 38.6 Å². The van der Waals surface area contributed by atoms with Gasteiger partial charge in [0.2, 0.25) is 0 Å². The molecule has 94 valence electrons. The third-order valence-electron chi connectivity index (χ3n) is 3.53. The lowest BCUT2D eigenvalue weighted by molar-refractivity contribution is 0.361. The molecule has 1 aromatic heterocycles. The minimum Gasteiger partial charge on any atom is -0.358 e. The quantitative estimate of drug-likeness (QED) is 0.865. The van der Waals surface area contributed by atoms with Gasteiger partial charge in [0, 0.05) is 26.3 Å². The Morgan fingerprint density at radius 3 is 2.76 bits per heavy atom. The third-order valence-corrected chi connectivity index (χ3v) is 3.53. The number of nitrogens with zero attached hydrogens (tertiary/aromatic N) is 3. The zero-order chi connectivity index (χ0) is 12.1. The minimum absolute atomic E-state index is 0.456. The van der Waals surface area contributed by atoms with Gasteiger partial charge in [0.05, 0.1) is 11.9 Å². The average Bonchev–Trinajstić information content (AvgIpc) is 2.40. The Morgan fingerprint density at radius 2 is 2.06 bits per heavy atom. The van der Waals surface area contributed by atoms with E-state index in [4.69, 9.17) is 5.73 Å². The number of rotatable bonds is 4. The molecule has 0 atom stereocenters. The minimum atomic E-state index is 0.456. The van der Waals surface area contributed by atoms with Crippen LogP contribution in [0.15, 0.2) is 12.4 Å². The largest absolute Gasteiger partial charge is 0.358 e. The summed E-state index contributed by atoms with van der Waals surface area (Å²) >= 11 is 0. The van der Waals surface area contributed by atoms with Gasteiger partial charge >= 0.3 is 0 Å². The monoisotopic (exact) mass is 234 g/mol.